The maximum absolute atomic E-state index is 12.7. The number of nitrogens with one attached hydrogen (secondary N) is 1. The van der Waals surface area contributed by atoms with Gasteiger partial charge in [-0.25, -0.2) is 16.8 Å². The molecule has 1 amide bonds. The molecule has 1 N–H and O–H groups in total. The third kappa shape index (κ3) is 4.04. The Morgan fingerprint density at radius 1 is 1.36 bits per heavy atom. The van der Waals surface area contributed by atoms with Crippen molar-refractivity contribution in [3.8, 4) is 0 Å². The molecule has 0 aliphatic carbocycles. The van der Waals surface area contributed by atoms with Crippen molar-refractivity contribution in [2.45, 2.75) is 38.1 Å². The fraction of sp³-hybridized carbons (Fsp3) is 0.714. The molecule has 9 nitrogen and oxygen atoms in total. The molecule has 0 radical (unpaired) electrons. The zero-order valence-corrected chi connectivity index (χ0v) is 16.4. The summed E-state index contributed by atoms with van der Waals surface area (Å²) in [7, 11) is -5.66. The summed E-state index contributed by atoms with van der Waals surface area (Å²) in [5.41, 5.74) is 0.747. The predicted molar refractivity (Wildman–Crippen MR) is 92.3 cm³/mol. The van der Waals surface area contributed by atoms with E-state index >= 15 is 0 Å². The molecule has 2 rings (SSSR count). The highest BCUT2D eigenvalue weighted by Gasteiger charge is 2.35. The zero-order valence-electron chi connectivity index (χ0n) is 14.8. The third-order valence-corrected chi connectivity index (χ3v) is 8.21. The summed E-state index contributed by atoms with van der Waals surface area (Å²) < 4.78 is 49.7. The van der Waals surface area contributed by atoms with E-state index in [1.54, 1.807) is 20.8 Å². The Labute approximate surface area is 148 Å². The van der Waals surface area contributed by atoms with Crippen LogP contribution in [0.3, 0.4) is 0 Å². The number of carbonyl (C=O) groups is 1. The molecular weight excluding hydrogens is 368 g/mol. The highest BCUT2D eigenvalue weighted by Crippen LogP contribution is 2.22. The smallest absolute Gasteiger partial charge is 0.246 e. The molecule has 1 fully saturated rings. The van der Waals surface area contributed by atoms with E-state index in [1.165, 1.54) is 11.9 Å². The first kappa shape index (κ1) is 19.9. The van der Waals surface area contributed by atoms with Crippen molar-refractivity contribution >= 4 is 25.8 Å². The molecule has 142 valence electrons. The summed E-state index contributed by atoms with van der Waals surface area (Å²) in [6.07, 6.45) is 0.387. The lowest BCUT2D eigenvalue weighted by molar-refractivity contribution is -0.132. The van der Waals surface area contributed by atoms with Crippen molar-refractivity contribution in [3.05, 3.63) is 11.4 Å². The molecule has 1 unspecified atom stereocenters. The molecule has 1 aromatic heterocycles. The first-order valence-electron chi connectivity index (χ1n) is 7.97. The number of H-pyrrole nitrogens is 1. The van der Waals surface area contributed by atoms with E-state index in [-0.39, 0.29) is 22.9 Å². The van der Waals surface area contributed by atoms with E-state index in [0.29, 0.717) is 24.4 Å². The van der Waals surface area contributed by atoms with Gasteiger partial charge in [0, 0.05) is 19.6 Å². The van der Waals surface area contributed by atoms with Gasteiger partial charge in [0.2, 0.25) is 15.9 Å². The van der Waals surface area contributed by atoms with Gasteiger partial charge in [0.25, 0.3) is 0 Å². The van der Waals surface area contributed by atoms with Crippen molar-refractivity contribution in [1.82, 2.24) is 19.4 Å². The maximum Gasteiger partial charge on any atom is 0.246 e. The second kappa shape index (κ2) is 7.04. The molecule has 1 aliphatic heterocycles. The molecule has 25 heavy (non-hydrogen) atoms. The number of aromatic nitrogens is 2. The van der Waals surface area contributed by atoms with Gasteiger partial charge in [0.05, 0.1) is 29.4 Å². The number of aryl methyl sites for hydroxylation is 2. The van der Waals surface area contributed by atoms with Crippen LogP contribution in [0.5, 0.6) is 0 Å². The number of carbonyl (C=O) groups excluding carboxylic acids is 1. The summed E-state index contributed by atoms with van der Waals surface area (Å²) in [5.74, 6) is -0.416. The monoisotopic (exact) mass is 392 g/mol. The van der Waals surface area contributed by atoms with Gasteiger partial charge in [-0.1, -0.05) is 0 Å². The number of sulfonamides is 1. The number of amides is 1. The molecule has 0 bridgehead atoms. The number of hydrogen-bond acceptors (Lipinski definition) is 6. The Bertz CT molecular complexity index is 840. The van der Waals surface area contributed by atoms with Crippen LogP contribution in [0, 0.1) is 13.8 Å². The Morgan fingerprint density at radius 2 is 2.00 bits per heavy atom. The molecule has 0 aromatic carbocycles. The first-order valence-corrected chi connectivity index (χ1v) is 11.2. The van der Waals surface area contributed by atoms with Gasteiger partial charge in [-0.3, -0.25) is 9.89 Å². The minimum Gasteiger partial charge on any atom is -0.338 e. The summed E-state index contributed by atoms with van der Waals surface area (Å²) in [6, 6.07) is -0.393. The third-order valence-electron chi connectivity index (χ3n) is 4.40. The standard InChI is InChI=1S/C14H24N4O5S2/c1-5-18(12-6-7-24(20,21)9-12)13(19)8-17(4)25(22,23)14-10(2)15-16-11(14)3/h12H,5-9H2,1-4H3,(H,15,16). The molecule has 1 atom stereocenters. The minimum atomic E-state index is -3.87. The lowest BCUT2D eigenvalue weighted by atomic mass is 10.2. The van der Waals surface area contributed by atoms with Crippen molar-refractivity contribution in [1.29, 1.82) is 0 Å². The largest absolute Gasteiger partial charge is 0.338 e. The summed E-state index contributed by atoms with van der Waals surface area (Å²) in [5, 5.41) is 6.50. The van der Waals surface area contributed by atoms with Crippen LogP contribution in [0.25, 0.3) is 0 Å². The summed E-state index contributed by atoms with van der Waals surface area (Å²) in [6.45, 7) is 4.91. The molecule has 1 saturated heterocycles. The minimum absolute atomic E-state index is 0.0585. The van der Waals surface area contributed by atoms with E-state index in [0.717, 1.165) is 4.31 Å². The Balaban J connectivity index is 2.16. The van der Waals surface area contributed by atoms with Crippen LogP contribution in [-0.4, -0.2) is 79.8 Å². The van der Waals surface area contributed by atoms with Crippen LogP contribution >= 0.6 is 0 Å². The average Bonchev–Trinajstić information content (AvgIpc) is 3.02. The van der Waals surface area contributed by atoms with Crippen LogP contribution in [-0.2, 0) is 24.7 Å². The van der Waals surface area contributed by atoms with Crippen LogP contribution in [0.1, 0.15) is 24.7 Å². The summed E-state index contributed by atoms with van der Waals surface area (Å²) >= 11 is 0. The second-order valence-electron chi connectivity index (χ2n) is 6.26. The number of rotatable bonds is 6. The highest BCUT2D eigenvalue weighted by molar-refractivity contribution is 7.91. The van der Waals surface area contributed by atoms with Gasteiger partial charge < -0.3 is 4.90 Å². The van der Waals surface area contributed by atoms with Crippen molar-refractivity contribution in [3.63, 3.8) is 0 Å². The molecule has 11 heteroatoms. The summed E-state index contributed by atoms with van der Waals surface area (Å²) in [4.78, 5) is 14.1. The van der Waals surface area contributed by atoms with E-state index in [4.69, 9.17) is 0 Å². The van der Waals surface area contributed by atoms with Crippen LogP contribution in [0.15, 0.2) is 4.90 Å². The fourth-order valence-electron chi connectivity index (χ4n) is 3.10. The molecule has 1 aromatic rings. The van der Waals surface area contributed by atoms with Crippen molar-refractivity contribution in [2.24, 2.45) is 0 Å². The number of nitrogens with zero attached hydrogens (tertiary/aromatic N) is 3. The SMILES string of the molecule is CCN(C(=O)CN(C)S(=O)(=O)c1c(C)n[nH]c1C)C1CCS(=O)(=O)C1. The molecule has 2 heterocycles. The Hall–Kier alpha value is -1.46. The van der Waals surface area contributed by atoms with Crippen LogP contribution < -0.4 is 0 Å². The molecule has 1 aliphatic rings. The number of sulfone groups is 1. The lowest BCUT2D eigenvalue weighted by Crippen LogP contribution is -2.46. The molecule has 0 saturated carbocycles. The van der Waals surface area contributed by atoms with Gasteiger partial charge in [0.15, 0.2) is 9.84 Å². The van der Waals surface area contributed by atoms with Crippen molar-refractivity contribution in [2.75, 3.05) is 31.6 Å². The van der Waals surface area contributed by atoms with E-state index in [2.05, 4.69) is 10.2 Å². The first-order chi connectivity index (χ1) is 11.5. The van der Waals surface area contributed by atoms with Crippen molar-refractivity contribution < 1.29 is 21.6 Å². The quantitative estimate of drug-likeness (QED) is 0.708. The predicted octanol–water partition coefficient (Wildman–Crippen LogP) is -0.317. The van der Waals surface area contributed by atoms with E-state index < -0.39 is 31.8 Å². The second-order valence-corrected chi connectivity index (χ2v) is 10.5. The number of likely N-dealkylation sites (N-methyl/N-ethyl adjacent to an activating group) is 2. The van der Waals surface area contributed by atoms with Crippen LogP contribution in [0.2, 0.25) is 0 Å². The number of hydrogen-bond donors (Lipinski definition) is 1. The molecule has 0 spiro atoms. The topological polar surface area (TPSA) is 121 Å². The van der Waals surface area contributed by atoms with Gasteiger partial charge in [-0.2, -0.15) is 9.40 Å². The van der Waals surface area contributed by atoms with Crippen LogP contribution in [0.4, 0.5) is 0 Å². The normalized spacial score (nSPS) is 20.1. The van der Waals surface area contributed by atoms with Gasteiger partial charge in [-0.15, -0.1) is 0 Å². The Kier molecular flexibility index (Phi) is 5.59. The zero-order chi connectivity index (χ0) is 19.0. The van der Waals surface area contributed by atoms with E-state index in [1.807, 2.05) is 0 Å². The Morgan fingerprint density at radius 3 is 2.44 bits per heavy atom. The number of aromatic amines is 1. The fourth-order valence-corrected chi connectivity index (χ4v) is 6.28. The van der Waals surface area contributed by atoms with Gasteiger partial charge in [0.1, 0.15) is 4.90 Å². The maximum atomic E-state index is 12.7. The lowest BCUT2D eigenvalue weighted by Gasteiger charge is -2.28. The average molecular weight is 393 g/mol. The van der Waals surface area contributed by atoms with Gasteiger partial charge >= 0.3 is 0 Å². The highest BCUT2D eigenvalue weighted by atomic mass is 32.2. The molecular formula is C14H24N4O5S2. The van der Waals surface area contributed by atoms with Gasteiger partial charge in [-0.05, 0) is 27.2 Å². The van der Waals surface area contributed by atoms with E-state index in [9.17, 15) is 21.6 Å².